The van der Waals surface area contributed by atoms with E-state index in [2.05, 4.69) is 42.3 Å². The van der Waals surface area contributed by atoms with Gasteiger partial charge in [0.05, 0.1) is 6.17 Å². The summed E-state index contributed by atoms with van der Waals surface area (Å²) < 4.78 is 0. The third kappa shape index (κ3) is 3.48. The zero-order valence-corrected chi connectivity index (χ0v) is 11.4. The molecule has 0 radical (unpaired) electrons. The highest BCUT2D eigenvalue weighted by atomic mass is 16.1. The van der Waals surface area contributed by atoms with Gasteiger partial charge < -0.3 is 10.2 Å². The fraction of sp³-hybridized carbons (Fsp3) is 0.500. The minimum atomic E-state index is 0.00357. The number of amides is 1. The van der Waals surface area contributed by atoms with Gasteiger partial charge >= 0.3 is 0 Å². The van der Waals surface area contributed by atoms with Gasteiger partial charge in [-0.15, -0.1) is 0 Å². The van der Waals surface area contributed by atoms with Crippen LogP contribution in [0.25, 0.3) is 0 Å². The Morgan fingerprint density at radius 2 is 2.06 bits per heavy atom. The van der Waals surface area contributed by atoms with Crippen LogP contribution in [0.3, 0.4) is 0 Å². The molecule has 0 aromatic heterocycles. The van der Waals surface area contributed by atoms with Gasteiger partial charge in [0.1, 0.15) is 0 Å². The minimum absolute atomic E-state index is 0.00357. The van der Waals surface area contributed by atoms with Gasteiger partial charge in [0.15, 0.2) is 0 Å². The average molecular weight is 234 g/mol. The van der Waals surface area contributed by atoms with Crippen molar-refractivity contribution in [2.24, 2.45) is 0 Å². The SMILES string of the molecule is CCC(=O)NC(C)N(C)c1ccc(C)cc1C. The lowest BCUT2D eigenvalue weighted by Gasteiger charge is -2.29. The van der Waals surface area contributed by atoms with E-state index in [9.17, 15) is 4.79 Å². The molecule has 0 saturated carbocycles. The Balaban J connectivity index is 2.81. The fourth-order valence-electron chi connectivity index (χ4n) is 1.84. The molecular formula is C14H22N2O. The number of hydrogen-bond acceptors (Lipinski definition) is 2. The quantitative estimate of drug-likeness (QED) is 0.812. The van der Waals surface area contributed by atoms with Crippen molar-refractivity contribution in [1.29, 1.82) is 0 Å². The van der Waals surface area contributed by atoms with E-state index in [0.29, 0.717) is 6.42 Å². The van der Waals surface area contributed by atoms with Crippen molar-refractivity contribution < 1.29 is 4.79 Å². The zero-order valence-electron chi connectivity index (χ0n) is 11.4. The van der Waals surface area contributed by atoms with E-state index in [1.807, 2.05) is 20.9 Å². The summed E-state index contributed by atoms with van der Waals surface area (Å²) in [6.07, 6.45) is 0.522. The highest BCUT2D eigenvalue weighted by molar-refractivity contribution is 5.76. The third-order valence-corrected chi connectivity index (χ3v) is 3.00. The van der Waals surface area contributed by atoms with Crippen molar-refractivity contribution in [2.45, 2.75) is 40.3 Å². The monoisotopic (exact) mass is 234 g/mol. The Morgan fingerprint density at radius 3 is 2.59 bits per heavy atom. The van der Waals surface area contributed by atoms with Crippen molar-refractivity contribution in [3.63, 3.8) is 0 Å². The number of hydrogen-bond donors (Lipinski definition) is 1. The molecule has 0 aliphatic heterocycles. The molecule has 17 heavy (non-hydrogen) atoms. The number of nitrogens with one attached hydrogen (secondary N) is 1. The maximum atomic E-state index is 11.4. The molecule has 1 aromatic rings. The van der Waals surface area contributed by atoms with Crippen molar-refractivity contribution in [3.05, 3.63) is 29.3 Å². The van der Waals surface area contributed by atoms with Crippen LogP contribution in [0.4, 0.5) is 5.69 Å². The second kappa shape index (κ2) is 5.71. The number of carbonyl (C=O) groups is 1. The van der Waals surface area contributed by atoms with Crippen LogP contribution in [-0.4, -0.2) is 19.1 Å². The van der Waals surface area contributed by atoms with E-state index in [0.717, 1.165) is 5.69 Å². The first-order valence-electron chi connectivity index (χ1n) is 6.05. The Hall–Kier alpha value is -1.51. The van der Waals surface area contributed by atoms with Gasteiger partial charge in [-0.05, 0) is 32.4 Å². The van der Waals surface area contributed by atoms with Gasteiger partial charge in [0.2, 0.25) is 5.91 Å². The molecule has 1 aromatic carbocycles. The Morgan fingerprint density at radius 1 is 1.41 bits per heavy atom. The molecule has 0 heterocycles. The normalized spacial score (nSPS) is 12.1. The maximum absolute atomic E-state index is 11.4. The molecule has 1 atom stereocenters. The predicted octanol–water partition coefficient (Wildman–Crippen LogP) is 2.61. The lowest BCUT2D eigenvalue weighted by atomic mass is 10.1. The van der Waals surface area contributed by atoms with Gasteiger partial charge in [-0.3, -0.25) is 4.79 Å². The fourth-order valence-corrected chi connectivity index (χ4v) is 1.84. The Labute approximate surface area is 104 Å². The van der Waals surface area contributed by atoms with Crippen LogP contribution in [0.5, 0.6) is 0 Å². The zero-order chi connectivity index (χ0) is 13.0. The van der Waals surface area contributed by atoms with Crippen LogP contribution >= 0.6 is 0 Å². The van der Waals surface area contributed by atoms with Crippen LogP contribution in [0.1, 0.15) is 31.4 Å². The van der Waals surface area contributed by atoms with Crippen LogP contribution in [0.2, 0.25) is 0 Å². The molecule has 0 spiro atoms. The Bertz CT molecular complexity index is 401. The average Bonchev–Trinajstić information content (AvgIpc) is 2.28. The summed E-state index contributed by atoms with van der Waals surface area (Å²) in [4.78, 5) is 13.4. The van der Waals surface area contributed by atoms with Crippen LogP contribution in [0.15, 0.2) is 18.2 Å². The molecule has 3 nitrogen and oxygen atoms in total. The van der Waals surface area contributed by atoms with E-state index < -0.39 is 0 Å². The smallest absolute Gasteiger partial charge is 0.221 e. The molecule has 1 rings (SSSR count). The van der Waals surface area contributed by atoms with Crippen LogP contribution in [0, 0.1) is 13.8 Å². The molecule has 0 aliphatic carbocycles. The number of nitrogens with zero attached hydrogens (tertiary/aromatic N) is 1. The lowest BCUT2D eigenvalue weighted by Crippen LogP contribution is -2.44. The number of anilines is 1. The number of benzene rings is 1. The summed E-state index contributed by atoms with van der Waals surface area (Å²) in [7, 11) is 2.00. The summed E-state index contributed by atoms with van der Waals surface area (Å²) in [5.74, 6) is 0.0779. The summed E-state index contributed by atoms with van der Waals surface area (Å²) in [6, 6.07) is 6.34. The summed E-state index contributed by atoms with van der Waals surface area (Å²) in [6.45, 7) is 8.03. The van der Waals surface area contributed by atoms with E-state index in [1.165, 1.54) is 11.1 Å². The summed E-state index contributed by atoms with van der Waals surface area (Å²) in [5.41, 5.74) is 3.63. The largest absolute Gasteiger partial charge is 0.354 e. The molecular weight excluding hydrogens is 212 g/mol. The van der Waals surface area contributed by atoms with Crippen molar-refractivity contribution >= 4 is 11.6 Å². The number of rotatable bonds is 4. The van der Waals surface area contributed by atoms with Gasteiger partial charge in [0.25, 0.3) is 0 Å². The van der Waals surface area contributed by atoms with Gasteiger partial charge in [-0.1, -0.05) is 24.6 Å². The molecule has 0 bridgehead atoms. The number of carbonyl (C=O) groups excluding carboxylic acids is 1. The highest BCUT2D eigenvalue weighted by Crippen LogP contribution is 2.21. The maximum Gasteiger partial charge on any atom is 0.221 e. The van der Waals surface area contributed by atoms with Crippen molar-refractivity contribution in [1.82, 2.24) is 5.32 Å². The van der Waals surface area contributed by atoms with E-state index >= 15 is 0 Å². The summed E-state index contributed by atoms with van der Waals surface area (Å²) in [5, 5.41) is 2.96. The molecule has 1 amide bonds. The van der Waals surface area contributed by atoms with E-state index in [1.54, 1.807) is 0 Å². The minimum Gasteiger partial charge on any atom is -0.354 e. The predicted molar refractivity (Wildman–Crippen MR) is 72.2 cm³/mol. The molecule has 0 aliphatic rings. The molecule has 1 unspecified atom stereocenters. The summed E-state index contributed by atoms with van der Waals surface area (Å²) >= 11 is 0. The van der Waals surface area contributed by atoms with Crippen molar-refractivity contribution in [3.8, 4) is 0 Å². The van der Waals surface area contributed by atoms with Crippen molar-refractivity contribution in [2.75, 3.05) is 11.9 Å². The molecule has 0 fully saturated rings. The van der Waals surface area contributed by atoms with Gasteiger partial charge in [-0.2, -0.15) is 0 Å². The van der Waals surface area contributed by atoms with Gasteiger partial charge in [0, 0.05) is 19.2 Å². The lowest BCUT2D eigenvalue weighted by molar-refractivity contribution is -0.121. The molecule has 94 valence electrons. The highest BCUT2D eigenvalue weighted by Gasteiger charge is 2.13. The molecule has 0 saturated heterocycles. The first kappa shape index (κ1) is 13.6. The van der Waals surface area contributed by atoms with Gasteiger partial charge in [-0.25, -0.2) is 0 Å². The van der Waals surface area contributed by atoms with E-state index in [4.69, 9.17) is 0 Å². The molecule has 1 N–H and O–H groups in total. The molecule has 3 heteroatoms. The van der Waals surface area contributed by atoms with Crippen LogP contribution in [-0.2, 0) is 4.79 Å². The standard InChI is InChI=1S/C14H22N2O/c1-6-14(17)15-12(4)16(5)13-8-7-10(2)9-11(13)3/h7-9,12H,6H2,1-5H3,(H,15,17). The topological polar surface area (TPSA) is 32.3 Å². The second-order valence-corrected chi connectivity index (χ2v) is 4.50. The van der Waals surface area contributed by atoms with Crippen LogP contribution < -0.4 is 10.2 Å². The third-order valence-electron chi connectivity index (χ3n) is 3.00. The Kier molecular flexibility index (Phi) is 4.55. The number of aryl methyl sites for hydroxylation is 2. The first-order chi connectivity index (χ1) is 7.95. The second-order valence-electron chi connectivity index (χ2n) is 4.50. The first-order valence-corrected chi connectivity index (χ1v) is 6.05. The van der Waals surface area contributed by atoms with E-state index in [-0.39, 0.29) is 12.1 Å².